The van der Waals surface area contributed by atoms with Crippen molar-refractivity contribution in [3.05, 3.63) is 35.1 Å². The Morgan fingerprint density at radius 3 is 2.58 bits per heavy atom. The van der Waals surface area contributed by atoms with Gasteiger partial charge in [0.25, 0.3) is 0 Å². The van der Waals surface area contributed by atoms with Gasteiger partial charge in [-0.15, -0.1) is 12.4 Å². The number of halogens is 5. The Balaban J connectivity index is 0.00000180. The van der Waals surface area contributed by atoms with Crippen molar-refractivity contribution in [2.24, 2.45) is 0 Å². The molecule has 1 amide bonds. The normalized spacial score (nSPS) is 19.2. The lowest BCUT2D eigenvalue weighted by molar-refractivity contribution is -0.138. The maximum absolute atomic E-state index is 13.6. The standard InChI is InChI=1S/C11H9F4NO2.ClH/c12-7-3-1-2-6(11(13,14)15)9(7)8-4-5-18-10(17)16-8;/h1-3,8H,4-5H2,(H,16,17);1H/t8-;/m1./s1. The third-order valence-electron chi connectivity index (χ3n) is 2.64. The van der Waals surface area contributed by atoms with Gasteiger partial charge in [0.2, 0.25) is 0 Å². The molecule has 0 aliphatic carbocycles. The fourth-order valence-electron chi connectivity index (χ4n) is 1.88. The van der Waals surface area contributed by atoms with Gasteiger partial charge in [0, 0.05) is 12.0 Å². The molecule has 1 aliphatic heterocycles. The summed E-state index contributed by atoms with van der Waals surface area (Å²) in [6.45, 7) is -0.0396. The van der Waals surface area contributed by atoms with Crippen LogP contribution in [-0.2, 0) is 10.9 Å². The second kappa shape index (κ2) is 5.64. The van der Waals surface area contributed by atoms with Gasteiger partial charge in [-0.05, 0) is 12.1 Å². The SMILES string of the molecule is Cl.O=C1N[C@@H](c2c(F)cccc2C(F)(F)F)CCO1. The molecule has 106 valence electrons. The zero-order chi connectivity index (χ0) is 13.3. The highest BCUT2D eigenvalue weighted by molar-refractivity contribution is 5.85. The fraction of sp³-hybridized carbons (Fsp3) is 0.364. The van der Waals surface area contributed by atoms with Crippen LogP contribution >= 0.6 is 12.4 Å². The second-order valence-electron chi connectivity index (χ2n) is 3.82. The molecule has 1 heterocycles. The number of amides is 1. The molecule has 1 atom stereocenters. The Kier molecular flexibility index (Phi) is 4.62. The van der Waals surface area contributed by atoms with Crippen LogP contribution in [0.2, 0.25) is 0 Å². The minimum Gasteiger partial charge on any atom is -0.449 e. The summed E-state index contributed by atoms with van der Waals surface area (Å²) >= 11 is 0. The number of ether oxygens (including phenoxy) is 1. The van der Waals surface area contributed by atoms with Crippen LogP contribution < -0.4 is 5.32 Å². The maximum atomic E-state index is 13.6. The first-order valence-corrected chi connectivity index (χ1v) is 5.18. The van der Waals surface area contributed by atoms with E-state index in [0.717, 1.165) is 18.2 Å². The average molecular weight is 300 g/mol. The van der Waals surface area contributed by atoms with Gasteiger partial charge in [0.15, 0.2) is 0 Å². The fourth-order valence-corrected chi connectivity index (χ4v) is 1.88. The van der Waals surface area contributed by atoms with E-state index < -0.39 is 35.3 Å². The Labute approximate surface area is 112 Å². The molecule has 0 saturated carbocycles. The Bertz CT molecular complexity index is 478. The highest BCUT2D eigenvalue weighted by Crippen LogP contribution is 2.37. The highest BCUT2D eigenvalue weighted by atomic mass is 35.5. The maximum Gasteiger partial charge on any atom is 0.416 e. The summed E-state index contributed by atoms with van der Waals surface area (Å²) in [5.74, 6) is -0.989. The van der Waals surface area contributed by atoms with Crippen molar-refractivity contribution >= 4 is 18.5 Å². The first-order chi connectivity index (χ1) is 8.39. The quantitative estimate of drug-likeness (QED) is 0.807. The summed E-state index contributed by atoms with van der Waals surface area (Å²) in [7, 11) is 0. The number of cyclic esters (lactones) is 1. The lowest BCUT2D eigenvalue weighted by Crippen LogP contribution is -2.36. The van der Waals surface area contributed by atoms with Gasteiger partial charge in [-0.2, -0.15) is 13.2 Å². The van der Waals surface area contributed by atoms with Crippen LogP contribution in [0.25, 0.3) is 0 Å². The molecule has 0 unspecified atom stereocenters. The largest absolute Gasteiger partial charge is 0.449 e. The summed E-state index contributed by atoms with van der Waals surface area (Å²) in [4.78, 5) is 11.0. The molecule has 0 radical (unpaired) electrons. The number of rotatable bonds is 1. The first kappa shape index (κ1) is 15.6. The van der Waals surface area contributed by atoms with Crippen molar-refractivity contribution in [1.29, 1.82) is 0 Å². The van der Waals surface area contributed by atoms with Gasteiger partial charge in [0.1, 0.15) is 5.82 Å². The van der Waals surface area contributed by atoms with E-state index in [1.165, 1.54) is 0 Å². The molecule has 1 aliphatic rings. The van der Waals surface area contributed by atoms with Gasteiger partial charge in [0.05, 0.1) is 18.2 Å². The molecule has 2 rings (SSSR count). The third-order valence-corrected chi connectivity index (χ3v) is 2.64. The molecular weight excluding hydrogens is 290 g/mol. The van der Waals surface area contributed by atoms with E-state index in [-0.39, 0.29) is 25.4 Å². The van der Waals surface area contributed by atoms with Crippen molar-refractivity contribution in [1.82, 2.24) is 5.32 Å². The Morgan fingerprint density at radius 2 is 2.00 bits per heavy atom. The number of hydrogen-bond acceptors (Lipinski definition) is 2. The molecule has 0 aromatic heterocycles. The van der Waals surface area contributed by atoms with Crippen LogP contribution in [0.1, 0.15) is 23.6 Å². The van der Waals surface area contributed by atoms with Crippen LogP contribution in [0.15, 0.2) is 18.2 Å². The summed E-state index contributed by atoms with van der Waals surface area (Å²) in [6.07, 6.45) is -5.42. The van der Waals surface area contributed by atoms with Gasteiger partial charge in [-0.25, -0.2) is 9.18 Å². The van der Waals surface area contributed by atoms with Crippen LogP contribution in [-0.4, -0.2) is 12.7 Å². The Hall–Kier alpha value is -1.50. The molecule has 1 aromatic carbocycles. The number of carbonyl (C=O) groups excluding carboxylic acids is 1. The van der Waals surface area contributed by atoms with Crippen molar-refractivity contribution in [3.8, 4) is 0 Å². The number of hydrogen-bond donors (Lipinski definition) is 1. The number of alkyl carbamates (subject to hydrolysis) is 1. The van der Waals surface area contributed by atoms with Crippen molar-refractivity contribution in [2.75, 3.05) is 6.61 Å². The van der Waals surface area contributed by atoms with Crippen LogP contribution in [0.4, 0.5) is 22.4 Å². The van der Waals surface area contributed by atoms with Gasteiger partial charge in [-0.3, -0.25) is 0 Å². The van der Waals surface area contributed by atoms with Crippen molar-refractivity contribution in [2.45, 2.75) is 18.6 Å². The average Bonchev–Trinajstić information content (AvgIpc) is 2.27. The topological polar surface area (TPSA) is 38.3 Å². The van der Waals surface area contributed by atoms with E-state index in [1.807, 2.05) is 0 Å². The molecule has 0 bridgehead atoms. The van der Waals surface area contributed by atoms with Gasteiger partial charge < -0.3 is 10.1 Å². The van der Waals surface area contributed by atoms with Crippen LogP contribution in [0, 0.1) is 5.82 Å². The number of nitrogens with one attached hydrogen (secondary N) is 1. The van der Waals surface area contributed by atoms with E-state index >= 15 is 0 Å². The van der Waals surface area contributed by atoms with E-state index in [2.05, 4.69) is 10.1 Å². The Morgan fingerprint density at radius 1 is 1.32 bits per heavy atom. The molecule has 8 heteroatoms. The van der Waals surface area contributed by atoms with Gasteiger partial charge >= 0.3 is 12.3 Å². The number of alkyl halides is 3. The van der Waals surface area contributed by atoms with Gasteiger partial charge in [-0.1, -0.05) is 6.07 Å². The number of benzene rings is 1. The molecule has 1 saturated heterocycles. The zero-order valence-corrected chi connectivity index (χ0v) is 10.3. The lowest BCUT2D eigenvalue weighted by atomic mass is 9.96. The number of carbonyl (C=O) groups is 1. The highest BCUT2D eigenvalue weighted by Gasteiger charge is 2.38. The molecule has 1 N–H and O–H groups in total. The molecule has 0 spiro atoms. The van der Waals surface area contributed by atoms with E-state index in [9.17, 15) is 22.4 Å². The van der Waals surface area contributed by atoms with E-state index in [4.69, 9.17) is 0 Å². The zero-order valence-electron chi connectivity index (χ0n) is 9.46. The predicted octanol–water partition coefficient (Wildman–Crippen LogP) is 3.44. The molecule has 19 heavy (non-hydrogen) atoms. The van der Waals surface area contributed by atoms with E-state index in [0.29, 0.717) is 0 Å². The van der Waals surface area contributed by atoms with Crippen LogP contribution in [0.3, 0.4) is 0 Å². The summed E-state index contributed by atoms with van der Waals surface area (Å²) < 4.78 is 56.5. The third kappa shape index (κ3) is 3.28. The first-order valence-electron chi connectivity index (χ1n) is 5.18. The van der Waals surface area contributed by atoms with Crippen LogP contribution in [0.5, 0.6) is 0 Å². The lowest BCUT2D eigenvalue weighted by Gasteiger charge is -2.26. The molecule has 3 nitrogen and oxygen atoms in total. The molecule has 1 fully saturated rings. The smallest absolute Gasteiger partial charge is 0.416 e. The summed E-state index contributed by atoms with van der Waals surface area (Å²) in [5, 5.41) is 2.18. The second-order valence-corrected chi connectivity index (χ2v) is 3.82. The minimum absolute atomic E-state index is 0. The predicted molar refractivity (Wildman–Crippen MR) is 60.5 cm³/mol. The van der Waals surface area contributed by atoms with Crippen molar-refractivity contribution in [3.63, 3.8) is 0 Å². The molecular formula is C11H10ClF4NO2. The van der Waals surface area contributed by atoms with Crippen molar-refractivity contribution < 1.29 is 27.1 Å². The minimum atomic E-state index is -4.67. The summed E-state index contributed by atoms with van der Waals surface area (Å²) in [6, 6.07) is 1.69. The molecule has 1 aromatic rings. The monoisotopic (exact) mass is 299 g/mol. The van der Waals surface area contributed by atoms with E-state index in [1.54, 1.807) is 0 Å². The summed E-state index contributed by atoms with van der Waals surface area (Å²) in [5.41, 5.74) is -1.61.